The van der Waals surface area contributed by atoms with Gasteiger partial charge in [-0.1, -0.05) is 155 Å². The molecule has 8 unspecified atom stereocenters. The van der Waals surface area contributed by atoms with E-state index >= 15 is 0 Å². The van der Waals surface area contributed by atoms with Crippen LogP contribution >= 0.6 is 7.82 Å². The van der Waals surface area contributed by atoms with E-state index in [1.54, 1.807) is 0 Å². The largest absolute Gasteiger partial charge is 0.472 e. The first-order valence-corrected chi connectivity index (χ1v) is 22.1. The molecule has 1 saturated carbocycles. The number of hydrogen-bond donors (Lipinski definition) is 9. The number of hydrogen-bond acceptors (Lipinski definition) is 11. The molecule has 0 aromatic rings. The molecule has 1 aliphatic carbocycles. The van der Waals surface area contributed by atoms with Gasteiger partial charge in [0.15, 0.2) is 0 Å². The fourth-order valence-electron chi connectivity index (χ4n) is 6.77. The minimum atomic E-state index is -5.08. The maximum Gasteiger partial charge on any atom is 0.472 e. The molecule has 0 aromatic carbocycles. The molecule has 0 spiro atoms. The number of aliphatic hydroxyl groups excluding tert-OH is 7. The molecule has 0 aliphatic heterocycles. The number of carbonyl (C=O) groups excluding carboxylic acids is 1. The number of phosphoric ester groups is 1. The van der Waals surface area contributed by atoms with Crippen LogP contribution in [-0.2, 0) is 18.4 Å². The lowest BCUT2D eigenvalue weighted by Gasteiger charge is -2.41. The van der Waals surface area contributed by atoms with Crippen molar-refractivity contribution >= 4 is 13.7 Å². The van der Waals surface area contributed by atoms with Gasteiger partial charge < -0.3 is 46.0 Å². The number of amides is 1. The molecule has 14 heteroatoms. The van der Waals surface area contributed by atoms with Crippen molar-refractivity contribution in [3.63, 3.8) is 0 Å². The van der Waals surface area contributed by atoms with E-state index in [2.05, 4.69) is 12.2 Å². The average molecular weight is 770 g/mol. The first kappa shape index (κ1) is 49.3. The van der Waals surface area contributed by atoms with Gasteiger partial charge in [0.05, 0.1) is 31.3 Å². The van der Waals surface area contributed by atoms with E-state index in [4.69, 9.17) is 9.05 Å². The van der Waals surface area contributed by atoms with Crippen LogP contribution in [0.2, 0.25) is 0 Å². The third-order valence-electron chi connectivity index (χ3n) is 10.2. The summed E-state index contributed by atoms with van der Waals surface area (Å²) in [5.41, 5.74) is 0. The first-order chi connectivity index (χ1) is 24.8. The van der Waals surface area contributed by atoms with Crippen LogP contribution in [0.5, 0.6) is 0 Å². The van der Waals surface area contributed by atoms with E-state index in [0.717, 1.165) is 38.5 Å². The number of aliphatic hydroxyl groups is 7. The SMILES string of the molecule is CCCCCCCCCCCCCCCCCCCCCC(O)CC(=O)NC(COP(=O)(O)OC1C(O)C(O)C(O)C(O)C1O)C(O)CCCCC. The highest BCUT2D eigenvalue weighted by Gasteiger charge is 2.51. The van der Waals surface area contributed by atoms with Crippen molar-refractivity contribution in [2.24, 2.45) is 0 Å². The van der Waals surface area contributed by atoms with Gasteiger partial charge in [0.1, 0.15) is 36.6 Å². The monoisotopic (exact) mass is 770 g/mol. The Bertz CT molecular complexity index is 916. The lowest BCUT2D eigenvalue weighted by atomic mass is 9.85. The van der Waals surface area contributed by atoms with Crippen LogP contribution in [0.15, 0.2) is 0 Å². The molecule has 0 saturated heterocycles. The Kier molecular flexibility index (Phi) is 28.0. The molecule has 1 amide bonds. The Morgan fingerprint density at radius 1 is 0.596 bits per heavy atom. The Labute approximate surface area is 313 Å². The van der Waals surface area contributed by atoms with Crippen LogP contribution in [-0.4, -0.2) is 108 Å². The maximum absolute atomic E-state index is 12.8. The number of nitrogens with one attached hydrogen (secondary N) is 1. The Morgan fingerprint density at radius 2 is 0.962 bits per heavy atom. The fourth-order valence-corrected chi connectivity index (χ4v) is 7.74. The first-order valence-electron chi connectivity index (χ1n) is 20.6. The standard InChI is InChI=1S/C38H76NO12P/c1-3-5-7-8-9-10-11-12-13-14-15-16-17-18-19-20-21-22-24-25-29(40)27-32(42)39-30(31(41)26-23-6-4-2)28-50-52(48,49)51-38-36(46)34(44)33(43)35(45)37(38)47/h29-31,33-38,40-41,43-47H,3-28H2,1-2H3,(H,39,42)(H,48,49). The highest BCUT2D eigenvalue weighted by atomic mass is 31.2. The molecular weight excluding hydrogens is 693 g/mol. The molecule has 52 heavy (non-hydrogen) atoms. The summed E-state index contributed by atoms with van der Waals surface area (Å²) in [6.45, 7) is 3.56. The van der Waals surface area contributed by atoms with Gasteiger partial charge in [-0.15, -0.1) is 0 Å². The zero-order chi connectivity index (χ0) is 38.8. The van der Waals surface area contributed by atoms with Crippen LogP contribution < -0.4 is 5.32 Å². The van der Waals surface area contributed by atoms with E-state index in [1.807, 2.05) is 6.92 Å². The smallest absolute Gasteiger partial charge is 0.393 e. The van der Waals surface area contributed by atoms with E-state index in [-0.39, 0.29) is 12.8 Å². The van der Waals surface area contributed by atoms with E-state index in [1.165, 1.54) is 96.3 Å². The van der Waals surface area contributed by atoms with Crippen molar-refractivity contribution in [3.05, 3.63) is 0 Å². The van der Waals surface area contributed by atoms with Crippen molar-refractivity contribution in [2.45, 2.75) is 229 Å². The molecule has 9 N–H and O–H groups in total. The third-order valence-corrected chi connectivity index (χ3v) is 11.2. The molecule has 1 aliphatic rings. The lowest BCUT2D eigenvalue weighted by Crippen LogP contribution is -2.64. The van der Waals surface area contributed by atoms with Gasteiger partial charge in [0.25, 0.3) is 0 Å². The van der Waals surface area contributed by atoms with Crippen LogP contribution in [0, 0.1) is 0 Å². The normalized spacial score (nSPS) is 25.0. The summed E-state index contributed by atoms with van der Waals surface area (Å²) in [6, 6.07) is -1.14. The Morgan fingerprint density at radius 3 is 1.40 bits per heavy atom. The van der Waals surface area contributed by atoms with Crippen molar-refractivity contribution in [1.82, 2.24) is 5.32 Å². The van der Waals surface area contributed by atoms with Gasteiger partial charge in [0.2, 0.25) is 5.91 Å². The van der Waals surface area contributed by atoms with E-state index in [9.17, 15) is 50.0 Å². The fraction of sp³-hybridized carbons (Fsp3) is 0.974. The second kappa shape index (κ2) is 29.6. The van der Waals surface area contributed by atoms with Gasteiger partial charge in [-0.25, -0.2) is 4.57 Å². The molecule has 0 heterocycles. The molecule has 0 bridgehead atoms. The summed E-state index contributed by atoms with van der Waals surface area (Å²) in [5.74, 6) is -0.569. The predicted molar refractivity (Wildman–Crippen MR) is 201 cm³/mol. The second-order valence-corrected chi connectivity index (χ2v) is 16.4. The minimum absolute atomic E-state index is 0.219. The molecule has 13 nitrogen and oxygen atoms in total. The van der Waals surface area contributed by atoms with Crippen LogP contribution in [0.25, 0.3) is 0 Å². The zero-order valence-corrected chi connectivity index (χ0v) is 33.1. The van der Waals surface area contributed by atoms with Crippen molar-refractivity contribution in [3.8, 4) is 0 Å². The van der Waals surface area contributed by atoms with Gasteiger partial charge in [0, 0.05) is 0 Å². The predicted octanol–water partition coefficient (Wildman–Crippen LogP) is 5.31. The molecule has 1 fully saturated rings. The second-order valence-electron chi connectivity index (χ2n) is 15.0. The van der Waals surface area contributed by atoms with Gasteiger partial charge in [-0.3, -0.25) is 13.8 Å². The van der Waals surface area contributed by atoms with Gasteiger partial charge in [-0.05, 0) is 12.8 Å². The molecule has 0 aromatic heterocycles. The quantitative estimate of drug-likeness (QED) is 0.0306. The molecule has 8 atom stereocenters. The topological polar surface area (TPSA) is 226 Å². The summed E-state index contributed by atoms with van der Waals surface area (Å²) < 4.78 is 22.5. The molecule has 0 radical (unpaired) electrons. The lowest BCUT2D eigenvalue weighted by molar-refractivity contribution is -0.220. The minimum Gasteiger partial charge on any atom is -0.393 e. The summed E-state index contributed by atoms with van der Waals surface area (Å²) in [4.78, 5) is 23.1. The van der Waals surface area contributed by atoms with Crippen LogP contribution in [0.3, 0.4) is 0 Å². The Balaban J connectivity index is 2.30. The van der Waals surface area contributed by atoms with Crippen molar-refractivity contribution in [1.29, 1.82) is 0 Å². The van der Waals surface area contributed by atoms with E-state index in [0.29, 0.717) is 12.8 Å². The average Bonchev–Trinajstić information content (AvgIpc) is 3.11. The summed E-state index contributed by atoms with van der Waals surface area (Å²) in [6.07, 6.45) is 13.1. The zero-order valence-electron chi connectivity index (χ0n) is 32.2. The third kappa shape index (κ3) is 22.0. The highest BCUT2D eigenvalue weighted by molar-refractivity contribution is 7.47. The highest BCUT2D eigenvalue weighted by Crippen LogP contribution is 2.47. The maximum atomic E-state index is 12.8. The van der Waals surface area contributed by atoms with Crippen molar-refractivity contribution < 1.29 is 59.0 Å². The van der Waals surface area contributed by atoms with Crippen LogP contribution in [0.4, 0.5) is 0 Å². The summed E-state index contributed by atoms with van der Waals surface area (Å²) >= 11 is 0. The number of carbonyl (C=O) groups is 1. The Hall–Kier alpha value is -0.700. The number of phosphoric acid groups is 1. The molecule has 1 rings (SSSR count). The summed E-state index contributed by atoms with van der Waals surface area (Å²) in [7, 11) is -5.08. The van der Waals surface area contributed by atoms with Gasteiger partial charge >= 0.3 is 7.82 Å². The molecular formula is C38H76NO12P. The van der Waals surface area contributed by atoms with Crippen LogP contribution in [0.1, 0.15) is 174 Å². The molecule has 310 valence electrons. The van der Waals surface area contributed by atoms with Crippen molar-refractivity contribution in [2.75, 3.05) is 6.61 Å². The van der Waals surface area contributed by atoms with Gasteiger partial charge in [-0.2, -0.15) is 0 Å². The number of unbranched alkanes of at least 4 members (excludes halogenated alkanes) is 20. The van der Waals surface area contributed by atoms with E-state index < -0.39 is 75.2 Å². The summed E-state index contributed by atoms with van der Waals surface area (Å²) in [5, 5.41) is 73.6. The number of rotatable bonds is 33.